The van der Waals surface area contributed by atoms with Crippen LogP contribution >= 0.6 is 0 Å². The summed E-state index contributed by atoms with van der Waals surface area (Å²) in [6.07, 6.45) is 2.65. The Morgan fingerprint density at radius 3 is 2.40 bits per heavy atom. The predicted octanol–water partition coefficient (Wildman–Crippen LogP) is 2.62. The van der Waals surface area contributed by atoms with Crippen LogP contribution in [0.15, 0.2) is 12.7 Å². The Morgan fingerprint density at radius 1 is 1.35 bits per heavy atom. The molecule has 0 saturated heterocycles. The van der Waals surface area contributed by atoms with Crippen molar-refractivity contribution in [2.75, 3.05) is 6.54 Å². The smallest absolute Gasteiger partial charge is 0.408 e. The minimum absolute atomic E-state index is 0.0336. The van der Waals surface area contributed by atoms with Gasteiger partial charge in [0, 0.05) is 6.54 Å². The molecule has 2 amide bonds. The summed E-state index contributed by atoms with van der Waals surface area (Å²) in [7, 11) is 0. The molecular formula is C15H28N2O3. The van der Waals surface area contributed by atoms with E-state index in [-0.39, 0.29) is 11.8 Å². The largest absolute Gasteiger partial charge is 0.444 e. The van der Waals surface area contributed by atoms with Crippen molar-refractivity contribution >= 4 is 12.0 Å². The molecule has 5 heteroatoms. The number of ether oxygens (including phenoxy) is 1. The number of hydrogen-bond donors (Lipinski definition) is 2. The van der Waals surface area contributed by atoms with E-state index in [4.69, 9.17) is 4.74 Å². The lowest BCUT2D eigenvalue weighted by atomic mass is 9.98. The normalized spacial score (nSPS) is 14.1. The standard InChI is InChI=1S/C15H28N2O3/c1-7-9-10-16-13(18)12(11(3)8-2)17-14(19)20-15(4,5)6/h7,11-12H,1,8-10H2,2-6H3,(H,16,18)(H,17,19)/t11-,12+/m1/s1. The van der Waals surface area contributed by atoms with E-state index in [2.05, 4.69) is 17.2 Å². The molecule has 5 nitrogen and oxygen atoms in total. The van der Waals surface area contributed by atoms with Gasteiger partial charge >= 0.3 is 6.09 Å². The Hall–Kier alpha value is -1.52. The SMILES string of the molecule is C=CCCNC(=O)[C@@H](NC(=O)OC(C)(C)C)[C@H](C)CC. The van der Waals surface area contributed by atoms with Gasteiger partial charge in [-0.1, -0.05) is 26.3 Å². The second-order valence-electron chi connectivity index (χ2n) is 5.88. The highest BCUT2D eigenvalue weighted by atomic mass is 16.6. The van der Waals surface area contributed by atoms with Crippen LogP contribution in [0.25, 0.3) is 0 Å². The molecule has 116 valence electrons. The molecule has 0 rings (SSSR count). The molecule has 0 heterocycles. The monoisotopic (exact) mass is 284 g/mol. The Kier molecular flexibility index (Phi) is 7.96. The lowest BCUT2D eigenvalue weighted by molar-refractivity contribution is -0.124. The van der Waals surface area contributed by atoms with E-state index in [1.54, 1.807) is 26.8 Å². The van der Waals surface area contributed by atoms with Crippen LogP contribution in [0.4, 0.5) is 4.79 Å². The van der Waals surface area contributed by atoms with Crippen LogP contribution in [0.1, 0.15) is 47.5 Å². The van der Waals surface area contributed by atoms with Crippen LogP contribution in [0.3, 0.4) is 0 Å². The highest BCUT2D eigenvalue weighted by Gasteiger charge is 2.27. The lowest BCUT2D eigenvalue weighted by Gasteiger charge is -2.26. The Morgan fingerprint density at radius 2 is 1.95 bits per heavy atom. The van der Waals surface area contributed by atoms with Crippen molar-refractivity contribution in [1.82, 2.24) is 10.6 Å². The van der Waals surface area contributed by atoms with E-state index in [0.29, 0.717) is 13.0 Å². The maximum Gasteiger partial charge on any atom is 0.408 e. The molecule has 0 fully saturated rings. The van der Waals surface area contributed by atoms with E-state index in [1.165, 1.54) is 0 Å². The molecule has 0 bridgehead atoms. The first-order valence-electron chi connectivity index (χ1n) is 7.09. The first kappa shape index (κ1) is 18.5. The highest BCUT2D eigenvalue weighted by molar-refractivity contribution is 5.85. The summed E-state index contributed by atoms with van der Waals surface area (Å²) in [5.41, 5.74) is -0.580. The molecule has 0 aromatic rings. The zero-order valence-electron chi connectivity index (χ0n) is 13.3. The number of carbonyl (C=O) groups is 2. The van der Waals surface area contributed by atoms with E-state index < -0.39 is 17.7 Å². The molecule has 0 aromatic heterocycles. The van der Waals surface area contributed by atoms with Crippen LogP contribution in [-0.2, 0) is 9.53 Å². The van der Waals surface area contributed by atoms with Gasteiger partial charge in [-0.25, -0.2) is 4.79 Å². The summed E-state index contributed by atoms with van der Waals surface area (Å²) in [6, 6.07) is -0.584. The topological polar surface area (TPSA) is 67.4 Å². The van der Waals surface area contributed by atoms with E-state index in [9.17, 15) is 9.59 Å². The van der Waals surface area contributed by atoms with Gasteiger partial charge < -0.3 is 15.4 Å². The number of nitrogens with one attached hydrogen (secondary N) is 2. The lowest BCUT2D eigenvalue weighted by Crippen LogP contribution is -2.51. The van der Waals surface area contributed by atoms with Gasteiger partial charge in [0.2, 0.25) is 5.91 Å². The molecule has 0 aliphatic carbocycles. The number of rotatable bonds is 7. The van der Waals surface area contributed by atoms with Crippen LogP contribution in [-0.4, -0.2) is 30.2 Å². The van der Waals surface area contributed by atoms with Crippen molar-refractivity contribution in [3.05, 3.63) is 12.7 Å². The molecule has 0 aliphatic heterocycles. The summed E-state index contributed by atoms with van der Waals surface area (Å²) in [5, 5.41) is 5.44. The second-order valence-corrected chi connectivity index (χ2v) is 5.88. The van der Waals surface area contributed by atoms with Gasteiger partial charge in [0.05, 0.1) is 0 Å². The first-order chi connectivity index (χ1) is 9.21. The summed E-state index contributed by atoms with van der Waals surface area (Å²) in [4.78, 5) is 23.9. The van der Waals surface area contributed by atoms with Gasteiger partial charge in [-0.2, -0.15) is 0 Å². The fourth-order valence-corrected chi connectivity index (χ4v) is 1.54. The Balaban J connectivity index is 4.60. The quantitative estimate of drug-likeness (QED) is 0.558. The molecule has 2 atom stereocenters. The Bertz CT molecular complexity index is 335. The molecule has 0 saturated carbocycles. The summed E-state index contributed by atoms with van der Waals surface area (Å²) in [5.74, 6) is -0.154. The molecule has 2 N–H and O–H groups in total. The minimum atomic E-state index is -0.584. The van der Waals surface area contributed by atoms with E-state index in [1.807, 2.05) is 13.8 Å². The molecule has 0 radical (unpaired) electrons. The third kappa shape index (κ3) is 7.81. The van der Waals surface area contributed by atoms with Gasteiger partial charge in [-0.3, -0.25) is 4.79 Å². The van der Waals surface area contributed by atoms with Crippen molar-refractivity contribution in [1.29, 1.82) is 0 Å². The molecule has 20 heavy (non-hydrogen) atoms. The molecular weight excluding hydrogens is 256 g/mol. The summed E-state index contributed by atoms with van der Waals surface area (Å²) in [6.45, 7) is 13.4. The van der Waals surface area contributed by atoms with Crippen molar-refractivity contribution < 1.29 is 14.3 Å². The maximum atomic E-state index is 12.1. The number of carbonyl (C=O) groups excluding carboxylic acids is 2. The minimum Gasteiger partial charge on any atom is -0.444 e. The van der Waals surface area contributed by atoms with Gasteiger partial charge in [0.25, 0.3) is 0 Å². The zero-order chi connectivity index (χ0) is 15.8. The van der Waals surface area contributed by atoms with E-state index >= 15 is 0 Å². The maximum absolute atomic E-state index is 12.1. The van der Waals surface area contributed by atoms with Crippen molar-refractivity contribution in [2.45, 2.75) is 59.1 Å². The molecule has 0 spiro atoms. The van der Waals surface area contributed by atoms with Gasteiger partial charge in [-0.15, -0.1) is 6.58 Å². The molecule has 0 aliphatic rings. The zero-order valence-corrected chi connectivity index (χ0v) is 13.3. The van der Waals surface area contributed by atoms with Crippen LogP contribution in [0, 0.1) is 5.92 Å². The highest BCUT2D eigenvalue weighted by Crippen LogP contribution is 2.11. The molecule has 0 unspecified atom stereocenters. The van der Waals surface area contributed by atoms with Crippen molar-refractivity contribution in [3.8, 4) is 0 Å². The number of amides is 2. The average Bonchev–Trinajstić information content (AvgIpc) is 2.33. The number of hydrogen-bond acceptors (Lipinski definition) is 3. The van der Waals surface area contributed by atoms with Crippen LogP contribution in [0.2, 0.25) is 0 Å². The van der Waals surface area contributed by atoms with Gasteiger partial charge in [-0.05, 0) is 33.1 Å². The fourth-order valence-electron chi connectivity index (χ4n) is 1.54. The van der Waals surface area contributed by atoms with Gasteiger partial charge in [0.15, 0.2) is 0 Å². The van der Waals surface area contributed by atoms with Crippen LogP contribution < -0.4 is 10.6 Å². The Labute approximate surface area is 122 Å². The molecule has 0 aromatic carbocycles. The summed E-state index contributed by atoms with van der Waals surface area (Å²) < 4.78 is 5.19. The third-order valence-corrected chi connectivity index (χ3v) is 2.82. The first-order valence-corrected chi connectivity index (χ1v) is 7.09. The second kappa shape index (κ2) is 8.61. The van der Waals surface area contributed by atoms with Crippen molar-refractivity contribution in [2.24, 2.45) is 5.92 Å². The van der Waals surface area contributed by atoms with E-state index in [0.717, 1.165) is 6.42 Å². The predicted molar refractivity (Wildman–Crippen MR) is 80.4 cm³/mol. The number of alkyl carbamates (subject to hydrolysis) is 1. The fraction of sp³-hybridized carbons (Fsp3) is 0.733. The summed E-state index contributed by atoms with van der Waals surface area (Å²) >= 11 is 0. The van der Waals surface area contributed by atoms with Gasteiger partial charge in [0.1, 0.15) is 11.6 Å². The average molecular weight is 284 g/mol. The van der Waals surface area contributed by atoms with Crippen molar-refractivity contribution in [3.63, 3.8) is 0 Å². The third-order valence-electron chi connectivity index (χ3n) is 2.82. The van der Waals surface area contributed by atoms with Crippen LogP contribution in [0.5, 0.6) is 0 Å².